The molecule has 0 fully saturated rings. The van der Waals surface area contributed by atoms with Gasteiger partial charge >= 0.3 is 11.7 Å². The molecule has 8 nitrogen and oxygen atoms in total. The van der Waals surface area contributed by atoms with Gasteiger partial charge in [-0.1, -0.05) is 17.7 Å². The number of ether oxygens (including phenoxy) is 2. The summed E-state index contributed by atoms with van der Waals surface area (Å²) in [6.45, 7) is -0.904. The van der Waals surface area contributed by atoms with Crippen LogP contribution in [0.5, 0.6) is 5.75 Å². The Morgan fingerprint density at radius 3 is 2.67 bits per heavy atom. The molecule has 1 amide bonds. The monoisotopic (exact) mass is 396 g/mol. The van der Waals surface area contributed by atoms with Gasteiger partial charge in [-0.05, 0) is 24.3 Å². The van der Waals surface area contributed by atoms with Crippen LogP contribution in [0.15, 0.2) is 36.4 Å². The number of benzene rings is 2. The summed E-state index contributed by atoms with van der Waals surface area (Å²) in [4.78, 5) is 34.0. The van der Waals surface area contributed by atoms with E-state index in [0.717, 1.165) is 6.07 Å². The van der Waals surface area contributed by atoms with Crippen LogP contribution in [0.25, 0.3) is 0 Å². The van der Waals surface area contributed by atoms with Crippen LogP contribution >= 0.6 is 11.6 Å². The number of halogens is 2. The van der Waals surface area contributed by atoms with Crippen molar-refractivity contribution in [3.05, 3.63) is 68.5 Å². The number of nitrogens with zero attached hydrogens (tertiary/aromatic N) is 1. The Bertz CT molecular complexity index is 869. The first-order valence-electron chi connectivity index (χ1n) is 7.52. The Balaban J connectivity index is 1.94. The normalized spacial score (nSPS) is 10.2. The average Bonchev–Trinajstić information content (AvgIpc) is 2.65. The van der Waals surface area contributed by atoms with Gasteiger partial charge in [0.15, 0.2) is 5.75 Å². The largest absolute Gasteiger partial charge is 0.490 e. The molecule has 0 spiro atoms. The van der Waals surface area contributed by atoms with Crippen LogP contribution < -0.4 is 10.1 Å². The van der Waals surface area contributed by atoms with Gasteiger partial charge in [-0.2, -0.15) is 0 Å². The number of nitro benzene ring substituents is 1. The van der Waals surface area contributed by atoms with Crippen molar-refractivity contribution in [1.82, 2.24) is 5.32 Å². The lowest BCUT2D eigenvalue weighted by molar-refractivity contribution is -0.385. The lowest BCUT2D eigenvalue weighted by atomic mass is 10.1. The maximum absolute atomic E-state index is 13.6. The lowest BCUT2D eigenvalue weighted by Crippen LogP contribution is -2.30. The highest BCUT2D eigenvalue weighted by atomic mass is 35.5. The number of nitrogens with one attached hydrogen (secondary N) is 1. The van der Waals surface area contributed by atoms with E-state index in [1.54, 1.807) is 0 Å². The van der Waals surface area contributed by atoms with Crippen molar-refractivity contribution in [3.63, 3.8) is 0 Å². The Morgan fingerprint density at radius 1 is 1.30 bits per heavy atom. The molecule has 0 bridgehead atoms. The molecule has 0 aromatic heterocycles. The van der Waals surface area contributed by atoms with E-state index in [-0.39, 0.29) is 27.6 Å². The minimum absolute atomic E-state index is 0.00211. The predicted octanol–water partition coefficient (Wildman–Crippen LogP) is 2.87. The van der Waals surface area contributed by atoms with Gasteiger partial charge < -0.3 is 14.8 Å². The van der Waals surface area contributed by atoms with Gasteiger partial charge in [0.2, 0.25) is 0 Å². The fourth-order valence-electron chi connectivity index (χ4n) is 2.10. The standard InChI is InChI=1S/C17H14ClFN2O6/c1-26-15-6-5-10(7-14(15)21(24)25)17(23)20-8-16(22)27-9-11-12(18)3-2-4-13(11)19/h2-7H,8-9H2,1H3,(H,20,23). The molecule has 142 valence electrons. The molecule has 10 heteroatoms. The van der Waals surface area contributed by atoms with Crippen molar-refractivity contribution in [2.75, 3.05) is 13.7 Å². The molecule has 2 rings (SSSR count). The summed E-state index contributed by atoms with van der Waals surface area (Å²) in [5.41, 5.74) is -0.404. The summed E-state index contributed by atoms with van der Waals surface area (Å²) < 4.78 is 23.3. The van der Waals surface area contributed by atoms with E-state index < -0.39 is 35.8 Å². The second kappa shape index (κ2) is 8.95. The first-order chi connectivity index (χ1) is 12.8. The molecule has 0 unspecified atom stereocenters. The van der Waals surface area contributed by atoms with Crippen LogP contribution in [0.2, 0.25) is 5.02 Å². The molecule has 0 saturated carbocycles. The second-order valence-corrected chi connectivity index (χ2v) is 5.59. The molecule has 0 aliphatic heterocycles. The third-order valence-electron chi connectivity index (χ3n) is 3.47. The summed E-state index contributed by atoms with van der Waals surface area (Å²) in [6, 6.07) is 7.65. The van der Waals surface area contributed by atoms with Gasteiger partial charge in [-0.3, -0.25) is 19.7 Å². The zero-order valence-corrected chi connectivity index (χ0v) is 14.8. The van der Waals surface area contributed by atoms with E-state index >= 15 is 0 Å². The fraction of sp³-hybridized carbons (Fsp3) is 0.176. The molecule has 0 radical (unpaired) electrons. The maximum atomic E-state index is 13.6. The second-order valence-electron chi connectivity index (χ2n) is 5.19. The van der Waals surface area contributed by atoms with Crippen LogP contribution in [0.1, 0.15) is 15.9 Å². The molecule has 1 N–H and O–H groups in total. The summed E-state index contributed by atoms with van der Waals surface area (Å²) in [5.74, 6) is -2.17. The third-order valence-corrected chi connectivity index (χ3v) is 3.82. The summed E-state index contributed by atoms with van der Waals surface area (Å²) in [6.07, 6.45) is 0. The number of esters is 1. The smallest absolute Gasteiger partial charge is 0.325 e. The summed E-state index contributed by atoms with van der Waals surface area (Å²) in [5, 5.41) is 13.3. The number of amides is 1. The molecule has 2 aromatic carbocycles. The first kappa shape index (κ1) is 20.1. The Morgan fingerprint density at radius 2 is 2.04 bits per heavy atom. The number of hydrogen-bond acceptors (Lipinski definition) is 6. The van der Waals surface area contributed by atoms with Gasteiger partial charge in [-0.25, -0.2) is 4.39 Å². The molecular formula is C17H14ClFN2O6. The van der Waals surface area contributed by atoms with Crippen molar-refractivity contribution in [1.29, 1.82) is 0 Å². The van der Waals surface area contributed by atoms with Gasteiger partial charge in [0.05, 0.1) is 17.1 Å². The fourth-order valence-corrected chi connectivity index (χ4v) is 2.32. The van der Waals surface area contributed by atoms with Crippen LogP contribution in [-0.2, 0) is 16.1 Å². The highest BCUT2D eigenvalue weighted by molar-refractivity contribution is 6.31. The predicted molar refractivity (Wildman–Crippen MR) is 93.2 cm³/mol. The minimum Gasteiger partial charge on any atom is -0.490 e. The minimum atomic E-state index is -0.828. The van der Waals surface area contributed by atoms with Gasteiger partial charge in [0.25, 0.3) is 5.91 Å². The van der Waals surface area contributed by atoms with Gasteiger partial charge in [0, 0.05) is 17.2 Å². The SMILES string of the molecule is COc1ccc(C(=O)NCC(=O)OCc2c(F)cccc2Cl)cc1[N+](=O)[O-]. The molecular weight excluding hydrogens is 383 g/mol. The molecule has 2 aromatic rings. The molecule has 27 heavy (non-hydrogen) atoms. The molecule has 0 aliphatic carbocycles. The van der Waals surface area contributed by atoms with Gasteiger partial charge in [-0.15, -0.1) is 0 Å². The van der Waals surface area contributed by atoms with E-state index in [0.29, 0.717) is 0 Å². The van der Waals surface area contributed by atoms with Crippen molar-refractivity contribution >= 4 is 29.2 Å². The van der Waals surface area contributed by atoms with Crippen molar-refractivity contribution in [2.45, 2.75) is 6.61 Å². The van der Waals surface area contributed by atoms with Crippen molar-refractivity contribution in [2.24, 2.45) is 0 Å². The number of carbonyl (C=O) groups is 2. The lowest BCUT2D eigenvalue weighted by Gasteiger charge is -2.09. The number of rotatable bonds is 7. The highest BCUT2D eigenvalue weighted by Gasteiger charge is 2.19. The van der Waals surface area contributed by atoms with Gasteiger partial charge in [0.1, 0.15) is 19.0 Å². The zero-order valence-electron chi connectivity index (χ0n) is 14.0. The van der Waals surface area contributed by atoms with Crippen molar-refractivity contribution in [3.8, 4) is 5.75 Å². The molecule has 0 atom stereocenters. The number of nitro groups is 1. The Hall–Kier alpha value is -3.20. The average molecular weight is 397 g/mol. The summed E-state index contributed by atoms with van der Waals surface area (Å²) in [7, 11) is 1.26. The Labute approximate surface area is 158 Å². The van der Waals surface area contributed by atoms with Crippen LogP contribution in [0.4, 0.5) is 10.1 Å². The highest BCUT2D eigenvalue weighted by Crippen LogP contribution is 2.27. The number of carbonyl (C=O) groups excluding carboxylic acids is 2. The van der Waals surface area contributed by atoms with E-state index in [4.69, 9.17) is 21.1 Å². The summed E-state index contributed by atoms with van der Waals surface area (Å²) >= 11 is 5.82. The number of methoxy groups -OCH3 is 1. The Kier molecular flexibility index (Phi) is 6.67. The van der Waals surface area contributed by atoms with Crippen LogP contribution in [0.3, 0.4) is 0 Å². The van der Waals surface area contributed by atoms with Crippen LogP contribution in [-0.4, -0.2) is 30.5 Å². The quantitative estimate of drug-likeness (QED) is 0.438. The third kappa shape index (κ3) is 5.14. The molecule has 0 saturated heterocycles. The first-order valence-corrected chi connectivity index (χ1v) is 7.90. The zero-order chi connectivity index (χ0) is 20.0. The van der Waals surface area contributed by atoms with E-state index in [9.17, 15) is 24.1 Å². The molecule has 0 heterocycles. The topological polar surface area (TPSA) is 108 Å². The van der Waals surface area contributed by atoms with Crippen molar-refractivity contribution < 1.29 is 28.4 Å². The maximum Gasteiger partial charge on any atom is 0.325 e. The van der Waals surface area contributed by atoms with E-state index in [1.165, 1.54) is 37.4 Å². The number of hydrogen-bond donors (Lipinski definition) is 1. The molecule has 0 aliphatic rings. The van der Waals surface area contributed by atoms with Crippen LogP contribution in [0, 0.1) is 15.9 Å². The van der Waals surface area contributed by atoms with E-state index in [1.807, 2.05) is 0 Å². The van der Waals surface area contributed by atoms with E-state index in [2.05, 4.69) is 5.32 Å².